The summed E-state index contributed by atoms with van der Waals surface area (Å²) >= 11 is 0. The topological polar surface area (TPSA) is 104 Å². The predicted molar refractivity (Wildman–Crippen MR) is 140 cm³/mol. The summed E-state index contributed by atoms with van der Waals surface area (Å²) in [4.78, 5) is 12.3. The van der Waals surface area contributed by atoms with Gasteiger partial charge in [-0.05, 0) is 65.7 Å². The summed E-state index contributed by atoms with van der Waals surface area (Å²) in [7, 11) is 0. The molecule has 40 heavy (non-hydrogen) atoms. The van der Waals surface area contributed by atoms with Crippen molar-refractivity contribution in [2.45, 2.75) is 12.5 Å². The smallest absolute Gasteiger partial charge is 0.349 e. The van der Waals surface area contributed by atoms with Gasteiger partial charge in [-0.3, -0.25) is 0 Å². The number of esters is 1. The number of halogens is 2. The van der Waals surface area contributed by atoms with Crippen LogP contribution in [0.5, 0.6) is 23.0 Å². The van der Waals surface area contributed by atoms with Crippen LogP contribution in [0, 0.1) is 23.0 Å². The molecule has 1 unspecified atom stereocenters. The molecule has 0 aromatic heterocycles. The summed E-state index contributed by atoms with van der Waals surface area (Å²) in [5.74, 6) is -0.663. The van der Waals surface area contributed by atoms with Gasteiger partial charge in [-0.2, -0.15) is 5.26 Å². The molecular weight excluding hydrogens is 518 g/mol. The van der Waals surface area contributed by atoms with Crippen LogP contribution in [-0.2, 0) is 11.4 Å². The number of rotatable bonds is 8. The molecule has 1 aliphatic rings. The number of hydrogen-bond acceptors (Lipinski definition) is 7. The van der Waals surface area contributed by atoms with Crippen LogP contribution < -0.4 is 24.7 Å². The molecule has 9 heteroatoms. The molecule has 1 heterocycles. The van der Waals surface area contributed by atoms with Crippen LogP contribution in [0.15, 0.2) is 102 Å². The van der Waals surface area contributed by atoms with E-state index in [1.165, 1.54) is 42.5 Å². The molecule has 1 aliphatic heterocycles. The molecule has 7 nitrogen and oxygen atoms in total. The maximum absolute atomic E-state index is 13.2. The number of nitrogens with two attached hydrogens (primary N) is 1. The summed E-state index contributed by atoms with van der Waals surface area (Å²) in [6.07, 6.45) is 0. The highest BCUT2D eigenvalue weighted by Crippen LogP contribution is 2.44. The number of fused-ring (bicyclic) bond motifs is 1. The molecule has 0 saturated carbocycles. The van der Waals surface area contributed by atoms with Crippen LogP contribution in [0.1, 0.15) is 22.6 Å². The molecule has 0 saturated heterocycles. The van der Waals surface area contributed by atoms with E-state index >= 15 is 0 Å². The maximum atomic E-state index is 13.2. The van der Waals surface area contributed by atoms with Gasteiger partial charge in [0.15, 0.2) is 6.61 Å². The lowest BCUT2D eigenvalue weighted by Crippen LogP contribution is -2.21. The first kappa shape index (κ1) is 26.3. The minimum Gasteiger partial charge on any atom is -0.489 e. The Labute approximate surface area is 228 Å². The quantitative estimate of drug-likeness (QED) is 0.224. The van der Waals surface area contributed by atoms with E-state index in [9.17, 15) is 18.8 Å². The molecule has 0 fully saturated rings. The number of carbonyl (C=O) groups excluding carboxylic acids is 1. The normalized spacial score (nSPS) is 14.0. The van der Waals surface area contributed by atoms with Gasteiger partial charge in [-0.25, -0.2) is 13.6 Å². The van der Waals surface area contributed by atoms with Crippen molar-refractivity contribution >= 4 is 5.97 Å². The molecule has 2 N–H and O–H groups in total. The SMILES string of the molecule is N#CC1=C(N)Oc2cc(OC(=O)COc3ccc(F)cc3)ccc2C1c1cccc(OCc2ccc(F)cc2)c1. The Morgan fingerprint density at radius 2 is 1.57 bits per heavy atom. The second-order valence-electron chi connectivity index (χ2n) is 8.83. The van der Waals surface area contributed by atoms with Crippen molar-refractivity contribution in [3.05, 3.63) is 131 Å². The van der Waals surface area contributed by atoms with Crippen LogP contribution in [0.3, 0.4) is 0 Å². The number of nitriles is 1. The Kier molecular flexibility index (Phi) is 7.60. The lowest BCUT2D eigenvalue weighted by Gasteiger charge is -2.27. The van der Waals surface area contributed by atoms with Gasteiger partial charge in [0, 0.05) is 11.6 Å². The summed E-state index contributed by atoms with van der Waals surface area (Å²) < 4.78 is 48.6. The van der Waals surface area contributed by atoms with Gasteiger partial charge in [0.2, 0.25) is 5.88 Å². The molecular formula is C31H22F2N2O5. The zero-order chi connectivity index (χ0) is 28.1. The van der Waals surface area contributed by atoms with Crippen molar-refractivity contribution < 1.29 is 32.5 Å². The Morgan fingerprint density at radius 1 is 0.875 bits per heavy atom. The second kappa shape index (κ2) is 11.6. The van der Waals surface area contributed by atoms with E-state index in [0.717, 1.165) is 11.1 Å². The standard InChI is InChI=1S/C31H22F2N2O5/c32-21-6-4-19(5-7-21)17-37-24-3-1-2-20(14-24)30-26-13-12-25(15-28(26)40-31(35)27(30)16-34)39-29(36)18-38-23-10-8-22(33)9-11-23/h1-15,30H,17-18,35H2. The van der Waals surface area contributed by atoms with Gasteiger partial charge < -0.3 is 24.7 Å². The van der Waals surface area contributed by atoms with Gasteiger partial charge >= 0.3 is 5.97 Å². The van der Waals surface area contributed by atoms with E-state index in [0.29, 0.717) is 22.8 Å². The number of carbonyl (C=O) groups is 1. The Morgan fingerprint density at radius 3 is 2.30 bits per heavy atom. The first-order chi connectivity index (χ1) is 19.4. The highest BCUT2D eigenvalue weighted by molar-refractivity contribution is 5.74. The van der Waals surface area contributed by atoms with E-state index < -0.39 is 24.3 Å². The third-order valence-corrected chi connectivity index (χ3v) is 6.10. The average Bonchev–Trinajstić information content (AvgIpc) is 2.96. The minimum absolute atomic E-state index is 0.0687. The molecule has 0 amide bonds. The number of nitrogens with zero attached hydrogens (tertiary/aromatic N) is 1. The van der Waals surface area contributed by atoms with Crippen molar-refractivity contribution in [3.8, 4) is 29.1 Å². The van der Waals surface area contributed by atoms with Crippen molar-refractivity contribution in [3.63, 3.8) is 0 Å². The number of benzene rings is 4. The van der Waals surface area contributed by atoms with Crippen LogP contribution in [0.2, 0.25) is 0 Å². The molecule has 0 aliphatic carbocycles. The molecule has 0 bridgehead atoms. The molecule has 4 aromatic carbocycles. The predicted octanol–water partition coefficient (Wildman–Crippen LogP) is 5.75. The van der Waals surface area contributed by atoms with E-state index in [4.69, 9.17) is 24.7 Å². The zero-order valence-corrected chi connectivity index (χ0v) is 21.0. The van der Waals surface area contributed by atoms with Crippen LogP contribution in [-0.4, -0.2) is 12.6 Å². The number of allylic oxidation sites excluding steroid dienone is 1. The van der Waals surface area contributed by atoms with Crippen molar-refractivity contribution in [1.29, 1.82) is 5.26 Å². The fourth-order valence-electron chi connectivity index (χ4n) is 4.21. The fraction of sp³-hybridized carbons (Fsp3) is 0.0968. The fourth-order valence-corrected chi connectivity index (χ4v) is 4.21. The van der Waals surface area contributed by atoms with Crippen LogP contribution in [0.25, 0.3) is 0 Å². The van der Waals surface area contributed by atoms with Gasteiger partial charge in [0.1, 0.15) is 52.9 Å². The van der Waals surface area contributed by atoms with E-state index in [1.54, 1.807) is 42.5 Å². The summed E-state index contributed by atoms with van der Waals surface area (Å²) in [5, 5.41) is 9.87. The largest absolute Gasteiger partial charge is 0.489 e. The van der Waals surface area contributed by atoms with Crippen LogP contribution >= 0.6 is 0 Å². The lowest BCUT2D eigenvalue weighted by atomic mass is 9.83. The molecule has 200 valence electrons. The molecule has 5 rings (SSSR count). The molecule has 0 spiro atoms. The lowest BCUT2D eigenvalue weighted by molar-refractivity contribution is -0.136. The second-order valence-corrected chi connectivity index (χ2v) is 8.83. The van der Waals surface area contributed by atoms with Gasteiger partial charge in [-0.15, -0.1) is 0 Å². The van der Waals surface area contributed by atoms with E-state index in [-0.39, 0.29) is 29.6 Å². The first-order valence-electron chi connectivity index (χ1n) is 12.2. The number of hydrogen-bond donors (Lipinski definition) is 1. The summed E-state index contributed by atoms with van der Waals surface area (Å²) in [5.41, 5.74) is 8.51. The highest BCUT2D eigenvalue weighted by Gasteiger charge is 2.31. The zero-order valence-electron chi connectivity index (χ0n) is 21.0. The van der Waals surface area contributed by atoms with Crippen LogP contribution in [0.4, 0.5) is 8.78 Å². The van der Waals surface area contributed by atoms with E-state index in [2.05, 4.69) is 6.07 Å². The summed E-state index contributed by atoms with van der Waals surface area (Å²) in [6.45, 7) is -0.158. The van der Waals surface area contributed by atoms with Gasteiger partial charge in [0.05, 0.1) is 5.92 Å². The number of ether oxygens (including phenoxy) is 4. The van der Waals surface area contributed by atoms with Crippen molar-refractivity contribution in [1.82, 2.24) is 0 Å². The monoisotopic (exact) mass is 540 g/mol. The third kappa shape index (κ3) is 6.03. The summed E-state index contributed by atoms with van der Waals surface area (Å²) in [6, 6.07) is 25.4. The maximum Gasteiger partial charge on any atom is 0.349 e. The Hall–Kier alpha value is -5.36. The van der Waals surface area contributed by atoms with Crippen molar-refractivity contribution in [2.75, 3.05) is 6.61 Å². The Balaban J connectivity index is 1.33. The molecule has 1 atom stereocenters. The average molecular weight is 541 g/mol. The molecule has 4 aromatic rings. The van der Waals surface area contributed by atoms with E-state index in [1.807, 2.05) is 6.07 Å². The first-order valence-corrected chi connectivity index (χ1v) is 12.2. The minimum atomic E-state index is -0.677. The van der Waals surface area contributed by atoms with Gasteiger partial charge in [0.25, 0.3) is 0 Å². The molecule has 0 radical (unpaired) electrons. The van der Waals surface area contributed by atoms with Gasteiger partial charge in [-0.1, -0.05) is 30.3 Å². The van der Waals surface area contributed by atoms with Crippen molar-refractivity contribution in [2.24, 2.45) is 5.73 Å². The third-order valence-electron chi connectivity index (χ3n) is 6.10. The highest BCUT2D eigenvalue weighted by atomic mass is 19.1. The Bertz CT molecular complexity index is 1610.